The first kappa shape index (κ1) is 26.0. The number of hydrogen-bond donors (Lipinski definition) is 1. The van der Waals surface area contributed by atoms with E-state index in [1.807, 2.05) is 37.3 Å². The van der Waals surface area contributed by atoms with Gasteiger partial charge in [0.05, 0.1) is 18.7 Å². The number of methoxy groups -OCH3 is 1. The molecule has 1 N–H and O–H groups in total. The predicted molar refractivity (Wildman–Crippen MR) is 145 cm³/mol. The van der Waals surface area contributed by atoms with Gasteiger partial charge in [-0.2, -0.15) is 0 Å². The molecule has 7 heteroatoms. The number of nitrogens with one attached hydrogen (secondary N) is 1. The van der Waals surface area contributed by atoms with E-state index in [9.17, 15) is 4.79 Å². The minimum Gasteiger partial charge on any atom is -0.496 e. The van der Waals surface area contributed by atoms with Crippen molar-refractivity contribution in [2.45, 2.75) is 63.6 Å². The Hall–Kier alpha value is -3.03. The van der Waals surface area contributed by atoms with Gasteiger partial charge in [-0.1, -0.05) is 37.3 Å². The third-order valence-electron chi connectivity index (χ3n) is 6.44. The molecule has 2 aromatic carbocycles. The summed E-state index contributed by atoms with van der Waals surface area (Å²) in [5, 5.41) is 0. The molecule has 36 heavy (non-hydrogen) atoms. The van der Waals surface area contributed by atoms with Crippen LogP contribution in [0.5, 0.6) is 11.6 Å². The quantitative estimate of drug-likeness (QED) is 0.349. The van der Waals surface area contributed by atoms with Crippen LogP contribution in [0.25, 0.3) is 0 Å². The summed E-state index contributed by atoms with van der Waals surface area (Å²) in [5.74, 6) is 1.29. The zero-order valence-electron chi connectivity index (χ0n) is 21.7. The molecule has 190 valence electrons. The molecule has 0 fully saturated rings. The van der Waals surface area contributed by atoms with Gasteiger partial charge >= 0.3 is 0 Å². The predicted octanol–water partition coefficient (Wildman–Crippen LogP) is 6.21. The molecule has 0 spiro atoms. The number of hydrogen-bond acceptors (Lipinski definition) is 6. The highest BCUT2D eigenvalue weighted by Gasteiger charge is 2.35. The van der Waals surface area contributed by atoms with Crippen LogP contribution in [-0.4, -0.2) is 35.0 Å². The van der Waals surface area contributed by atoms with E-state index in [1.54, 1.807) is 30.2 Å². The second-order valence-electron chi connectivity index (χ2n) is 9.59. The number of carbonyl (C=O) groups is 1. The first-order chi connectivity index (χ1) is 17.3. The molecule has 0 bridgehead atoms. The molecule has 0 saturated carbocycles. The van der Waals surface area contributed by atoms with E-state index in [-0.39, 0.29) is 17.6 Å². The van der Waals surface area contributed by atoms with Crippen molar-refractivity contribution in [1.29, 1.82) is 0 Å². The fourth-order valence-electron chi connectivity index (χ4n) is 4.41. The molecule has 6 nitrogen and oxygen atoms in total. The molecule has 1 aliphatic heterocycles. The van der Waals surface area contributed by atoms with E-state index in [0.29, 0.717) is 24.5 Å². The Morgan fingerprint density at radius 2 is 1.94 bits per heavy atom. The summed E-state index contributed by atoms with van der Waals surface area (Å²) in [5.41, 5.74) is 3.38. The van der Waals surface area contributed by atoms with Crippen molar-refractivity contribution in [3.05, 3.63) is 83.0 Å². The van der Waals surface area contributed by atoms with Crippen LogP contribution in [0.15, 0.2) is 65.7 Å². The first-order valence-electron chi connectivity index (χ1n) is 12.4. The molecule has 0 radical (unpaired) electrons. The summed E-state index contributed by atoms with van der Waals surface area (Å²) < 4.78 is 15.3. The Morgan fingerprint density at radius 3 is 2.64 bits per heavy atom. The number of aromatic nitrogens is 1. The standard InChI is InChI=1S/C29H35N3O3S/c1-6-20-12-14-23(15-13-20)36-31-25-17-29(3,4)35-27-24(25)16-22(18-30-27)28(33)32(7-2)19-21-10-8-9-11-26(21)34-5/h8-16,18,25,31H,6-7,17,19H2,1-5H3/t25-/m0/s1. The van der Waals surface area contributed by atoms with Gasteiger partial charge in [0.1, 0.15) is 11.4 Å². The fraction of sp³-hybridized carbons (Fsp3) is 0.379. The minimum atomic E-state index is -0.366. The van der Waals surface area contributed by atoms with Crippen LogP contribution >= 0.6 is 11.9 Å². The normalized spacial score (nSPS) is 16.1. The Kier molecular flexibility index (Phi) is 8.21. The highest BCUT2D eigenvalue weighted by atomic mass is 32.2. The monoisotopic (exact) mass is 505 g/mol. The molecule has 0 aliphatic carbocycles. The zero-order valence-corrected chi connectivity index (χ0v) is 22.5. The molecule has 1 atom stereocenters. The van der Waals surface area contributed by atoms with E-state index >= 15 is 0 Å². The summed E-state index contributed by atoms with van der Waals surface area (Å²) in [7, 11) is 1.65. The lowest BCUT2D eigenvalue weighted by atomic mass is 9.91. The maximum absolute atomic E-state index is 13.5. The van der Waals surface area contributed by atoms with Gasteiger partial charge in [0, 0.05) is 41.7 Å². The average molecular weight is 506 g/mol. The van der Waals surface area contributed by atoms with Gasteiger partial charge in [-0.3, -0.25) is 9.52 Å². The number of para-hydroxylation sites is 1. The summed E-state index contributed by atoms with van der Waals surface area (Å²) in [6.07, 6.45) is 3.41. The van der Waals surface area contributed by atoms with Crippen LogP contribution in [0.3, 0.4) is 0 Å². The zero-order chi connectivity index (χ0) is 25.7. The average Bonchev–Trinajstić information content (AvgIpc) is 2.89. The van der Waals surface area contributed by atoms with Gasteiger partial charge in [0.2, 0.25) is 5.88 Å². The van der Waals surface area contributed by atoms with Crippen molar-refractivity contribution >= 4 is 17.9 Å². The Morgan fingerprint density at radius 1 is 1.19 bits per heavy atom. The van der Waals surface area contributed by atoms with Gasteiger partial charge in [-0.25, -0.2) is 4.98 Å². The maximum atomic E-state index is 13.5. The smallest absolute Gasteiger partial charge is 0.255 e. The van der Waals surface area contributed by atoms with Gasteiger partial charge in [0.25, 0.3) is 5.91 Å². The molecule has 2 heterocycles. The molecule has 0 unspecified atom stereocenters. The van der Waals surface area contributed by atoms with Crippen molar-refractivity contribution in [1.82, 2.24) is 14.6 Å². The number of carbonyl (C=O) groups excluding carboxylic acids is 1. The number of pyridine rings is 1. The van der Waals surface area contributed by atoms with Crippen molar-refractivity contribution in [3.8, 4) is 11.6 Å². The van der Waals surface area contributed by atoms with Crippen LogP contribution in [-0.2, 0) is 13.0 Å². The van der Waals surface area contributed by atoms with Gasteiger partial charge in [-0.05, 0) is 69.0 Å². The summed E-state index contributed by atoms with van der Waals surface area (Å²) in [4.78, 5) is 21.0. The number of benzene rings is 2. The first-order valence-corrected chi connectivity index (χ1v) is 13.3. The van der Waals surface area contributed by atoms with Gasteiger partial charge in [0.15, 0.2) is 0 Å². The van der Waals surface area contributed by atoms with E-state index in [4.69, 9.17) is 9.47 Å². The van der Waals surface area contributed by atoms with Crippen LogP contribution in [0, 0.1) is 0 Å². The number of nitrogens with zero attached hydrogens (tertiary/aromatic N) is 2. The number of rotatable bonds is 9. The maximum Gasteiger partial charge on any atom is 0.255 e. The second-order valence-corrected chi connectivity index (χ2v) is 10.5. The lowest BCUT2D eigenvalue weighted by Gasteiger charge is -2.37. The van der Waals surface area contributed by atoms with Crippen molar-refractivity contribution in [2.75, 3.05) is 13.7 Å². The van der Waals surface area contributed by atoms with Crippen LogP contribution in [0.1, 0.15) is 67.2 Å². The summed E-state index contributed by atoms with van der Waals surface area (Å²) >= 11 is 1.60. The molecular formula is C29H35N3O3S. The minimum absolute atomic E-state index is 0.0101. The molecule has 1 amide bonds. The van der Waals surface area contributed by atoms with Crippen LogP contribution in [0.2, 0.25) is 0 Å². The van der Waals surface area contributed by atoms with E-state index < -0.39 is 0 Å². The van der Waals surface area contributed by atoms with Gasteiger partial charge in [-0.15, -0.1) is 0 Å². The van der Waals surface area contributed by atoms with Crippen molar-refractivity contribution in [3.63, 3.8) is 0 Å². The lowest BCUT2D eigenvalue weighted by molar-refractivity contribution is 0.0641. The molecule has 0 saturated heterocycles. The highest BCUT2D eigenvalue weighted by Crippen LogP contribution is 2.40. The SMILES string of the molecule is CCc1ccc(SN[C@H]2CC(C)(C)Oc3ncc(C(=O)N(CC)Cc4ccccc4OC)cc32)cc1. The fourth-order valence-corrected chi connectivity index (χ4v) is 5.17. The molecule has 4 rings (SSSR count). The number of ether oxygens (including phenoxy) is 2. The molecule has 1 aliphatic rings. The topological polar surface area (TPSA) is 63.7 Å². The Balaban J connectivity index is 1.56. The largest absolute Gasteiger partial charge is 0.496 e. The third kappa shape index (κ3) is 6.02. The van der Waals surface area contributed by atoms with Crippen molar-refractivity contribution in [2.24, 2.45) is 0 Å². The second kappa shape index (κ2) is 11.4. The van der Waals surface area contributed by atoms with Gasteiger partial charge < -0.3 is 14.4 Å². The van der Waals surface area contributed by atoms with E-state index in [2.05, 4.69) is 54.7 Å². The number of aryl methyl sites for hydroxylation is 1. The number of fused-ring (bicyclic) bond motifs is 1. The number of amides is 1. The van der Waals surface area contributed by atoms with Crippen LogP contribution in [0.4, 0.5) is 0 Å². The Labute approximate surface area is 218 Å². The van der Waals surface area contributed by atoms with E-state index in [1.165, 1.54) is 5.56 Å². The Bertz CT molecular complexity index is 1200. The van der Waals surface area contributed by atoms with Crippen LogP contribution < -0.4 is 14.2 Å². The molecular weight excluding hydrogens is 470 g/mol. The summed E-state index contributed by atoms with van der Waals surface area (Å²) in [6.45, 7) is 9.31. The summed E-state index contributed by atoms with van der Waals surface area (Å²) in [6, 6.07) is 18.3. The van der Waals surface area contributed by atoms with Crippen molar-refractivity contribution < 1.29 is 14.3 Å². The lowest BCUT2D eigenvalue weighted by Crippen LogP contribution is -2.39. The third-order valence-corrected chi connectivity index (χ3v) is 7.35. The highest BCUT2D eigenvalue weighted by molar-refractivity contribution is 7.97. The molecule has 3 aromatic rings. The molecule has 1 aromatic heterocycles. The van der Waals surface area contributed by atoms with E-state index in [0.717, 1.165) is 34.6 Å².